The highest BCUT2D eigenvalue weighted by Crippen LogP contribution is 2.50. The first-order chi connectivity index (χ1) is 28.3. The number of fused-ring (bicyclic) bond motifs is 7. The molecule has 0 fully saturated rings. The molecule has 3 heterocycles. The van der Waals surface area contributed by atoms with Crippen molar-refractivity contribution in [3.8, 4) is 22.3 Å². The van der Waals surface area contributed by atoms with E-state index >= 15 is 0 Å². The van der Waals surface area contributed by atoms with Gasteiger partial charge in [0.2, 0.25) is 0 Å². The molecular formula is C52H34N2S3. The summed E-state index contributed by atoms with van der Waals surface area (Å²) in [5.74, 6) is 0. The van der Waals surface area contributed by atoms with Crippen LogP contribution in [0.3, 0.4) is 0 Å². The van der Waals surface area contributed by atoms with Crippen LogP contribution in [-0.2, 0) is 0 Å². The van der Waals surface area contributed by atoms with Crippen LogP contribution in [-0.4, -0.2) is 0 Å². The summed E-state index contributed by atoms with van der Waals surface area (Å²) >= 11 is 5.65. The van der Waals surface area contributed by atoms with Gasteiger partial charge in [0.1, 0.15) is 0 Å². The van der Waals surface area contributed by atoms with Gasteiger partial charge in [-0.2, -0.15) is 0 Å². The van der Waals surface area contributed by atoms with Crippen LogP contribution in [0, 0.1) is 0 Å². The lowest BCUT2D eigenvalue weighted by atomic mass is 9.96. The number of thiophene rings is 3. The fourth-order valence-electron chi connectivity index (χ4n) is 8.18. The molecular weight excluding hydrogens is 749 g/mol. The second-order valence-corrected chi connectivity index (χ2v) is 17.0. The van der Waals surface area contributed by atoms with E-state index in [-0.39, 0.29) is 0 Å². The van der Waals surface area contributed by atoms with Gasteiger partial charge >= 0.3 is 0 Å². The highest BCUT2D eigenvalue weighted by Gasteiger charge is 2.20. The van der Waals surface area contributed by atoms with Gasteiger partial charge in [0.15, 0.2) is 0 Å². The SMILES string of the molecule is c1ccc(N(c2ccccc2)c2ccc(-c3cc4c5cc(-c6ccc(N(c7ccccc7)c7ccccc7)cc6)c6ccsc6c5sc4c4sccc34)cc2)cc1. The Morgan fingerprint density at radius 2 is 0.596 bits per heavy atom. The van der Waals surface area contributed by atoms with Crippen LogP contribution in [0.1, 0.15) is 0 Å². The number of para-hydroxylation sites is 4. The smallest absolute Gasteiger partial charge is 0.0534 e. The Bertz CT molecular complexity index is 2860. The number of nitrogens with zero attached hydrogens (tertiary/aromatic N) is 2. The zero-order chi connectivity index (χ0) is 37.7. The minimum atomic E-state index is 1.13. The van der Waals surface area contributed by atoms with Gasteiger partial charge in [-0.15, -0.1) is 34.0 Å². The van der Waals surface area contributed by atoms with Crippen LogP contribution in [0.4, 0.5) is 34.1 Å². The molecule has 0 aliphatic heterocycles. The zero-order valence-corrected chi connectivity index (χ0v) is 33.2. The molecule has 0 bridgehead atoms. The summed E-state index contributed by atoms with van der Waals surface area (Å²) in [5.41, 5.74) is 11.8. The van der Waals surface area contributed by atoms with Gasteiger partial charge in [-0.1, -0.05) is 97.1 Å². The van der Waals surface area contributed by atoms with Gasteiger partial charge in [0.25, 0.3) is 0 Å². The third-order valence-corrected chi connectivity index (χ3v) is 14.2. The van der Waals surface area contributed by atoms with Gasteiger partial charge in [0, 0.05) is 55.7 Å². The van der Waals surface area contributed by atoms with E-state index in [0.717, 1.165) is 34.1 Å². The van der Waals surface area contributed by atoms with E-state index in [4.69, 9.17) is 0 Å². The van der Waals surface area contributed by atoms with Gasteiger partial charge in [-0.05, 0) is 130 Å². The molecule has 2 nitrogen and oxygen atoms in total. The van der Waals surface area contributed by atoms with Crippen molar-refractivity contribution in [3.63, 3.8) is 0 Å². The van der Waals surface area contributed by atoms with E-state index in [1.807, 2.05) is 34.0 Å². The number of benzene rings is 8. The molecule has 0 spiro atoms. The van der Waals surface area contributed by atoms with E-state index in [1.54, 1.807) is 0 Å². The largest absolute Gasteiger partial charge is 0.311 e. The third kappa shape index (κ3) is 5.91. The molecule has 0 N–H and O–H groups in total. The molecule has 0 unspecified atom stereocenters. The van der Waals surface area contributed by atoms with Crippen molar-refractivity contribution in [2.75, 3.05) is 9.80 Å². The monoisotopic (exact) mass is 782 g/mol. The summed E-state index contributed by atoms with van der Waals surface area (Å²) < 4.78 is 5.47. The lowest BCUT2D eigenvalue weighted by Gasteiger charge is -2.25. The number of hydrogen-bond acceptors (Lipinski definition) is 5. The molecule has 0 saturated carbocycles. The van der Waals surface area contributed by atoms with Gasteiger partial charge < -0.3 is 9.80 Å². The standard InChI is InChI=1S/C52H34N2S3/c1-5-13-37(14-6-1)53(38-15-7-2-8-16-38)41-25-21-35(22-26-41)45-33-47-48-34-46(44-30-32-56-50(44)52(48)57-51(47)49-43(45)29-31-55-49)36-23-27-42(28-24-36)54(39-17-9-3-10-18-39)40-19-11-4-12-20-40/h1-34H. The van der Waals surface area contributed by atoms with E-state index in [0.29, 0.717) is 0 Å². The average Bonchev–Trinajstić information content (AvgIpc) is 4.05. The van der Waals surface area contributed by atoms with E-state index < -0.39 is 0 Å². The maximum Gasteiger partial charge on any atom is 0.0534 e. The Morgan fingerprint density at radius 1 is 0.281 bits per heavy atom. The summed E-state index contributed by atoms with van der Waals surface area (Å²) in [4.78, 5) is 4.64. The van der Waals surface area contributed by atoms with Crippen molar-refractivity contribution >= 4 is 108 Å². The Morgan fingerprint density at radius 3 is 0.930 bits per heavy atom. The fraction of sp³-hybridized carbons (Fsp3) is 0. The molecule has 0 radical (unpaired) electrons. The topological polar surface area (TPSA) is 6.48 Å². The Balaban J connectivity index is 1.03. The first-order valence-corrected chi connectivity index (χ1v) is 21.6. The molecule has 0 aliphatic rings. The lowest BCUT2D eigenvalue weighted by molar-refractivity contribution is 1.28. The maximum atomic E-state index is 2.45. The highest BCUT2D eigenvalue weighted by atomic mass is 32.1. The maximum absolute atomic E-state index is 2.45. The molecule has 0 atom stereocenters. The highest BCUT2D eigenvalue weighted by molar-refractivity contribution is 7.33. The van der Waals surface area contributed by atoms with Crippen LogP contribution in [0.5, 0.6) is 0 Å². The Hall–Kier alpha value is -6.50. The number of rotatable bonds is 8. The van der Waals surface area contributed by atoms with Crippen LogP contribution in [0.25, 0.3) is 62.6 Å². The minimum Gasteiger partial charge on any atom is -0.311 e. The van der Waals surface area contributed by atoms with Crippen molar-refractivity contribution in [2.45, 2.75) is 0 Å². The van der Waals surface area contributed by atoms with Crippen LogP contribution in [0.2, 0.25) is 0 Å². The first-order valence-electron chi connectivity index (χ1n) is 19.1. The fourth-order valence-corrected chi connectivity index (χ4v) is 11.6. The summed E-state index contributed by atoms with van der Waals surface area (Å²) in [5, 5.41) is 9.78. The first kappa shape index (κ1) is 33.8. The molecule has 270 valence electrons. The second kappa shape index (κ2) is 14.2. The zero-order valence-electron chi connectivity index (χ0n) is 30.7. The minimum absolute atomic E-state index is 1.13. The molecule has 57 heavy (non-hydrogen) atoms. The third-order valence-electron chi connectivity index (χ3n) is 10.8. The summed E-state index contributed by atoms with van der Waals surface area (Å²) in [6.45, 7) is 0. The second-order valence-electron chi connectivity index (χ2n) is 14.1. The lowest BCUT2D eigenvalue weighted by Crippen LogP contribution is -2.09. The molecule has 8 aromatic carbocycles. The molecule has 11 aromatic rings. The Kier molecular flexibility index (Phi) is 8.43. The predicted octanol–water partition coefficient (Wildman–Crippen LogP) is 16.8. The van der Waals surface area contributed by atoms with Crippen molar-refractivity contribution < 1.29 is 0 Å². The average molecular weight is 783 g/mol. The van der Waals surface area contributed by atoms with Crippen molar-refractivity contribution in [2.24, 2.45) is 0 Å². The van der Waals surface area contributed by atoms with Crippen molar-refractivity contribution in [1.82, 2.24) is 0 Å². The van der Waals surface area contributed by atoms with Crippen LogP contribution in [0.15, 0.2) is 205 Å². The van der Waals surface area contributed by atoms with E-state index in [1.165, 1.54) is 62.6 Å². The van der Waals surface area contributed by atoms with Gasteiger partial charge in [-0.25, -0.2) is 0 Å². The van der Waals surface area contributed by atoms with Crippen LogP contribution < -0.4 is 9.80 Å². The molecule has 11 rings (SSSR count). The number of hydrogen-bond donors (Lipinski definition) is 0. The summed E-state index contributed by atoms with van der Waals surface area (Å²) in [6.07, 6.45) is 0. The normalized spacial score (nSPS) is 11.5. The number of anilines is 6. The molecule has 5 heteroatoms. The summed E-state index contributed by atoms with van der Waals surface area (Å²) in [6, 6.07) is 70.2. The molecule has 0 saturated heterocycles. The van der Waals surface area contributed by atoms with E-state index in [9.17, 15) is 0 Å². The van der Waals surface area contributed by atoms with E-state index in [2.05, 4.69) is 215 Å². The summed E-state index contributed by atoms with van der Waals surface area (Å²) in [7, 11) is 0. The van der Waals surface area contributed by atoms with Crippen LogP contribution >= 0.6 is 34.0 Å². The van der Waals surface area contributed by atoms with Gasteiger partial charge in [-0.3, -0.25) is 0 Å². The predicted molar refractivity (Wildman–Crippen MR) is 250 cm³/mol. The Labute approximate surface area is 343 Å². The molecule has 0 amide bonds. The van der Waals surface area contributed by atoms with Gasteiger partial charge in [0.05, 0.1) is 18.8 Å². The molecule has 3 aromatic heterocycles. The quantitative estimate of drug-likeness (QED) is 0.151. The van der Waals surface area contributed by atoms with Crippen molar-refractivity contribution in [3.05, 3.63) is 205 Å². The molecule has 0 aliphatic carbocycles. The van der Waals surface area contributed by atoms with Crippen molar-refractivity contribution in [1.29, 1.82) is 0 Å².